The van der Waals surface area contributed by atoms with Gasteiger partial charge in [-0.1, -0.05) is 12.1 Å². The number of aromatic nitrogens is 2. The second-order valence-electron chi connectivity index (χ2n) is 8.29. The molecule has 0 spiro atoms. The van der Waals surface area contributed by atoms with Crippen LogP contribution in [0.3, 0.4) is 0 Å². The summed E-state index contributed by atoms with van der Waals surface area (Å²) in [5.74, 6) is 2.56. The molecular formula is C21H32N6S. The number of piperidine rings is 2. The largest absolute Gasteiger partial charge is 0.372 e. The van der Waals surface area contributed by atoms with Crippen LogP contribution in [0.25, 0.3) is 0 Å². The van der Waals surface area contributed by atoms with Gasteiger partial charge in [0.1, 0.15) is 0 Å². The molecule has 4 rings (SSSR count). The summed E-state index contributed by atoms with van der Waals surface area (Å²) in [6, 6.07) is 8.77. The van der Waals surface area contributed by atoms with E-state index < -0.39 is 0 Å². The van der Waals surface area contributed by atoms with E-state index in [-0.39, 0.29) is 0 Å². The zero-order valence-corrected chi connectivity index (χ0v) is 17.9. The quantitative estimate of drug-likeness (QED) is 0.832. The van der Waals surface area contributed by atoms with E-state index in [1.54, 1.807) is 0 Å². The zero-order chi connectivity index (χ0) is 19.5. The minimum absolute atomic E-state index is 0.620. The molecule has 28 heavy (non-hydrogen) atoms. The van der Waals surface area contributed by atoms with Gasteiger partial charge in [0.25, 0.3) is 0 Å². The lowest BCUT2D eigenvalue weighted by Crippen LogP contribution is -2.41. The van der Waals surface area contributed by atoms with Crippen molar-refractivity contribution in [2.75, 3.05) is 55.0 Å². The van der Waals surface area contributed by atoms with Gasteiger partial charge in [-0.3, -0.25) is 0 Å². The standard InChI is InChI=1S/C21H32N6S/c1-25(2)20-23-21(28-24-20)27-13-9-18(10-14-27)17-7-11-26(12-8-17)19-5-3-16(15-22)4-6-19/h3-6,17-18H,7-15,22H2,1-2H3. The van der Waals surface area contributed by atoms with Gasteiger partial charge in [-0.2, -0.15) is 9.36 Å². The monoisotopic (exact) mass is 400 g/mol. The maximum Gasteiger partial charge on any atom is 0.238 e. The normalized spacial score (nSPS) is 19.2. The first kappa shape index (κ1) is 19.5. The Morgan fingerprint density at radius 2 is 1.54 bits per heavy atom. The van der Waals surface area contributed by atoms with Crippen molar-refractivity contribution in [1.29, 1.82) is 0 Å². The van der Waals surface area contributed by atoms with E-state index in [4.69, 9.17) is 5.73 Å². The first-order chi connectivity index (χ1) is 13.6. The Bertz CT molecular complexity index is 743. The Labute approximate surface area is 172 Å². The summed E-state index contributed by atoms with van der Waals surface area (Å²) in [6.45, 7) is 5.21. The fourth-order valence-electron chi connectivity index (χ4n) is 4.55. The fourth-order valence-corrected chi connectivity index (χ4v) is 5.34. The van der Waals surface area contributed by atoms with Crippen LogP contribution in [-0.4, -0.2) is 49.6 Å². The predicted octanol–water partition coefficient (Wildman–Crippen LogP) is 3.20. The van der Waals surface area contributed by atoms with Crippen molar-refractivity contribution in [3.05, 3.63) is 29.8 Å². The van der Waals surface area contributed by atoms with E-state index in [2.05, 4.69) is 43.4 Å². The third-order valence-corrected chi connectivity index (χ3v) is 7.13. The van der Waals surface area contributed by atoms with E-state index in [1.165, 1.54) is 61.6 Å². The fraction of sp³-hybridized carbons (Fsp3) is 0.619. The molecule has 152 valence electrons. The van der Waals surface area contributed by atoms with Gasteiger partial charge in [0.2, 0.25) is 11.1 Å². The first-order valence-corrected chi connectivity index (χ1v) is 11.2. The van der Waals surface area contributed by atoms with Crippen LogP contribution < -0.4 is 20.4 Å². The van der Waals surface area contributed by atoms with Gasteiger partial charge in [-0.05, 0) is 55.2 Å². The number of anilines is 3. The highest BCUT2D eigenvalue weighted by Gasteiger charge is 2.30. The van der Waals surface area contributed by atoms with Crippen LogP contribution >= 0.6 is 11.5 Å². The second kappa shape index (κ2) is 8.66. The van der Waals surface area contributed by atoms with Crippen molar-refractivity contribution in [1.82, 2.24) is 9.36 Å². The molecule has 0 unspecified atom stereocenters. The summed E-state index contributed by atoms with van der Waals surface area (Å²) >= 11 is 1.53. The third kappa shape index (κ3) is 4.25. The van der Waals surface area contributed by atoms with Gasteiger partial charge in [0.05, 0.1) is 0 Å². The SMILES string of the molecule is CN(C)c1nsc(N2CCC(C3CCN(c4ccc(CN)cc4)CC3)CC2)n1. The third-order valence-electron chi connectivity index (χ3n) is 6.36. The molecule has 2 aliphatic rings. The van der Waals surface area contributed by atoms with Gasteiger partial charge in [0.15, 0.2) is 0 Å². The Morgan fingerprint density at radius 3 is 2.04 bits per heavy atom. The Morgan fingerprint density at radius 1 is 0.964 bits per heavy atom. The van der Waals surface area contributed by atoms with Crippen LogP contribution in [0.4, 0.5) is 16.8 Å². The van der Waals surface area contributed by atoms with Crippen LogP contribution in [0.15, 0.2) is 24.3 Å². The average molecular weight is 401 g/mol. The van der Waals surface area contributed by atoms with Crippen molar-refractivity contribution in [3.8, 4) is 0 Å². The van der Waals surface area contributed by atoms with Crippen molar-refractivity contribution >= 4 is 28.3 Å². The van der Waals surface area contributed by atoms with E-state index in [1.807, 2.05) is 19.0 Å². The van der Waals surface area contributed by atoms with E-state index in [0.717, 1.165) is 36.0 Å². The highest BCUT2D eigenvalue weighted by molar-refractivity contribution is 7.09. The number of nitrogens with two attached hydrogens (primary N) is 1. The van der Waals surface area contributed by atoms with E-state index >= 15 is 0 Å². The Hall–Kier alpha value is -1.86. The van der Waals surface area contributed by atoms with Crippen LogP contribution in [0.2, 0.25) is 0 Å². The molecular weight excluding hydrogens is 368 g/mol. The van der Waals surface area contributed by atoms with Crippen molar-refractivity contribution in [2.24, 2.45) is 17.6 Å². The highest BCUT2D eigenvalue weighted by atomic mass is 32.1. The molecule has 0 aliphatic carbocycles. The van der Waals surface area contributed by atoms with Crippen molar-refractivity contribution in [2.45, 2.75) is 32.2 Å². The smallest absolute Gasteiger partial charge is 0.238 e. The molecule has 7 heteroatoms. The van der Waals surface area contributed by atoms with Gasteiger partial charge in [0, 0.05) is 64.0 Å². The number of rotatable bonds is 5. The molecule has 0 saturated carbocycles. The lowest BCUT2D eigenvalue weighted by atomic mass is 9.79. The maximum atomic E-state index is 5.71. The molecule has 6 nitrogen and oxygen atoms in total. The highest BCUT2D eigenvalue weighted by Crippen LogP contribution is 2.35. The molecule has 0 atom stereocenters. The minimum Gasteiger partial charge on any atom is -0.372 e. The molecule has 3 heterocycles. The second-order valence-corrected chi connectivity index (χ2v) is 9.02. The molecule has 2 N–H and O–H groups in total. The Balaban J connectivity index is 1.26. The number of hydrogen-bond donors (Lipinski definition) is 1. The lowest BCUT2D eigenvalue weighted by molar-refractivity contribution is 0.233. The molecule has 1 aromatic heterocycles. The van der Waals surface area contributed by atoms with Gasteiger partial charge < -0.3 is 20.4 Å². The summed E-state index contributed by atoms with van der Waals surface area (Å²) < 4.78 is 4.45. The number of hydrogen-bond acceptors (Lipinski definition) is 7. The Kier molecular flexibility index (Phi) is 6.01. The van der Waals surface area contributed by atoms with Gasteiger partial charge in [-0.25, -0.2) is 0 Å². The minimum atomic E-state index is 0.620. The summed E-state index contributed by atoms with van der Waals surface area (Å²) in [7, 11) is 3.99. The molecule has 0 radical (unpaired) electrons. The summed E-state index contributed by atoms with van der Waals surface area (Å²) in [5, 5.41) is 1.08. The first-order valence-electron chi connectivity index (χ1n) is 10.4. The zero-order valence-electron chi connectivity index (χ0n) is 17.0. The summed E-state index contributed by atoms with van der Waals surface area (Å²) in [6.07, 6.45) is 5.19. The predicted molar refractivity (Wildman–Crippen MR) is 118 cm³/mol. The molecule has 2 aliphatic heterocycles. The molecule has 2 aromatic rings. The van der Waals surface area contributed by atoms with Crippen molar-refractivity contribution in [3.63, 3.8) is 0 Å². The van der Waals surface area contributed by atoms with Gasteiger partial charge in [-0.15, -0.1) is 0 Å². The van der Waals surface area contributed by atoms with Gasteiger partial charge >= 0.3 is 0 Å². The summed E-state index contributed by atoms with van der Waals surface area (Å²) in [5.41, 5.74) is 8.27. The molecule has 2 fully saturated rings. The molecule has 0 amide bonds. The van der Waals surface area contributed by atoms with Crippen LogP contribution in [0, 0.1) is 11.8 Å². The van der Waals surface area contributed by atoms with Crippen molar-refractivity contribution < 1.29 is 0 Å². The van der Waals surface area contributed by atoms with E-state index in [0.29, 0.717) is 6.54 Å². The van der Waals surface area contributed by atoms with Crippen LogP contribution in [0.1, 0.15) is 31.2 Å². The summed E-state index contributed by atoms with van der Waals surface area (Å²) in [4.78, 5) is 11.6. The van der Waals surface area contributed by atoms with Crippen LogP contribution in [0.5, 0.6) is 0 Å². The molecule has 2 saturated heterocycles. The number of nitrogens with zero attached hydrogens (tertiary/aromatic N) is 5. The lowest BCUT2D eigenvalue weighted by Gasteiger charge is -2.40. The topological polar surface area (TPSA) is 61.5 Å². The molecule has 1 aromatic carbocycles. The maximum absolute atomic E-state index is 5.71. The average Bonchev–Trinajstić information content (AvgIpc) is 3.25. The van der Waals surface area contributed by atoms with Crippen LogP contribution in [-0.2, 0) is 6.54 Å². The number of benzene rings is 1. The van der Waals surface area contributed by atoms with E-state index in [9.17, 15) is 0 Å². The molecule has 0 bridgehead atoms.